The normalized spacial score (nSPS) is 18.7. The molecular formula is C12H14N2O3. The average Bonchev–Trinajstić information content (AvgIpc) is 2.35. The van der Waals surface area contributed by atoms with Gasteiger partial charge in [0.25, 0.3) is 0 Å². The molecule has 1 aromatic carbocycles. The van der Waals surface area contributed by atoms with Crippen LogP contribution in [-0.4, -0.2) is 24.3 Å². The molecule has 1 aromatic rings. The summed E-state index contributed by atoms with van der Waals surface area (Å²) in [6.07, 6.45) is -0.267. The Kier molecular flexibility index (Phi) is 3.27. The number of rotatable bonds is 2. The molecule has 17 heavy (non-hydrogen) atoms. The molecule has 0 saturated carbocycles. The molecule has 0 bridgehead atoms. The zero-order valence-electron chi connectivity index (χ0n) is 9.77. The Morgan fingerprint density at radius 3 is 2.76 bits per heavy atom. The van der Waals surface area contributed by atoms with Gasteiger partial charge in [-0.1, -0.05) is 12.1 Å². The largest absolute Gasteiger partial charge is 0.485 e. The number of ether oxygens (including phenoxy) is 2. The molecule has 1 amide bonds. The fourth-order valence-corrected chi connectivity index (χ4v) is 1.46. The molecule has 1 N–H and O–H groups in total. The van der Waals surface area contributed by atoms with Crippen LogP contribution in [0.5, 0.6) is 11.5 Å². The summed E-state index contributed by atoms with van der Waals surface area (Å²) >= 11 is 0. The van der Waals surface area contributed by atoms with E-state index in [0.29, 0.717) is 18.1 Å². The summed E-state index contributed by atoms with van der Waals surface area (Å²) in [5, 5.41) is 3.93. The molecule has 0 aromatic heterocycles. The lowest BCUT2D eigenvalue weighted by molar-refractivity contribution is -0.118. The minimum Gasteiger partial charge on any atom is -0.485 e. The molecule has 0 saturated heterocycles. The van der Waals surface area contributed by atoms with Crippen LogP contribution in [0.15, 0.2) is 29.4 Å². The number of hydrogen-bond donors (Lipinski definition) is 1. The van der Waals surface area contributed by atoms with Crippen LogP contribution in [0.2, 0.25) is 0 Å². The summed E-state index contributed by atoms with van der Waals surface area (Å²) < 4.78 is 11.3. The topological polar surface area (TPSA) is 59.9 Å². The quantitative estimate of drug-likeness (QED) is 0.620. The lowest BCUT2D eigenvalue weighted by Crippen LogP contribution is -2.36. The summed E-state index contributed by atoms with van der Waals surface area (Å²) in [6.45, 7) is 3.59. The number of nitrogens with zero attached hydrogens (tertiary/aromatic N) is 1. The number of hydrogen-bond acceptors (Lipinski definition) is 4. The Morgan fingerprint density at radius 2 is 2.06 bits per heavy atom. The van der Waals surface area contributed by atoms with Gasteiger partial charge in [0.1, 0.15) is 6.61 Å². The van der Waals surface area contributed by atoms with E-state index in [9.17, 15) is 4.79 Å². The van der Waals surface area contributed by atoms with Crippen molar-refractivity contribution in [3.8, 4) is 11.5 Å². The highest BCUT2D eigenvalue weighted by atomic mass is 16.6. The Labute approximate surface area is 99.4 Å². The molecule has 0 spiro atoms. The smallest absolute Gasteiger partial charge is 0.236 e. The van der Waals surface area contributed by atoms with E-state index >= 15 is 0 Å². The maximum absolute atomic E-state index is 10.7. The fourth-order valence-electron chi connectivity index (χ4n) is 1.46. The highest BCUT2D eigenvalue weighted by molar-refractivity contribution is 5.88. The van der Waals surface area contributed by atoms with Crippen LogP contribution in [0.25, 0.3) is 0 Å². The Bertz CT molecular complexity index is 457. The minimum absolute atomic E-state index is 0.207. The molecule has 1 atom stereocenters. The van der Waals surface area contributed by atoms with E-state index in [1.165, 1.54) is 6.92 Å². The maximum atomic E-state index is 10.7. The molecule has 5 nitrogen and oxygen atoms in total. The molecule has 90 valence electrons. The van der Waals surface area contributed by atoms with Gasteiger partial charge in [-0.3, -0.25) is 4.79 Å². The predicted octanol–water partition coefficient (Wildman–Crippen LogP) is 1.34. The molecule has 1 unspecified atom stereocenters. The number of benzene rings is 1. The molecule has 1 heterocycles. The first kappa shape index (κ1) is 11.4. The van der Waals surface area contributed by atoms with Gasteiger partial charge in [0.2, 0.25) is 5.91 Å². The van der Waals surface area contributed by atoms with Crippen molar-refractivity contribution in [1.82, 2.24) is 5.43 Å². The van der Waals surface area contributed by atoms with Gasteiger partial charge in [-0.2, -0.15) is 5.10 Å². The zero-order chi connectivity index (χ0) is 12.3. The van der Waals surface area contributed by atoms with Crippen molar-refractivity contribution < 1.29 is 14.3 Å². The van der Waals surface area contributed by atoms with Crippen molar-refractivity contribution in [1.29, 1.82) is 0 Å². The maximum Gasteiger partial charge on any atom is 0.236 e. The third-order valence-electron chi connectivity index (χ3n) is 2.36. The Hall–Kier alpha value is -2.04. The molecule has 0 radical (unpaired) electrons. The lowest BCUT2D eigenvalue weighted by Gasteiger charge is -2.26. The van der Waals surface area contributed by atoms with Gasteiger partial charge in [0.05, 0.1) is 5.71 Å². The van der Waals surface area contributed by atoms with E-state index in [0.717, 1.165) is 5.75 Å². The van der Waals surface area contributed by atoms with Crippen molar-refractivity contribution in [3.63, 3.8) is 0 Å². The molecule has 2 rings (SSSR count). The second-order valence-electron chi connectivity index (χ2n) is 3.79. The van der Waals surface area contributed by atoms with E-state index in [4.69, 9.17) is 9.47 Å². The SMILES string of the molecule is CC(=O)N/N=C(/C)C1COc2ccccc2O1. The van der Waals surface area contributed by atoms with Crippen molar-refractivity contribution in [3.05, 3.63) is 24.3 Å². The summed E-state index contributed by atoms with van der Waals surface area (Å²) in [4.78, 5) is 10.7. The zero-order valence-corrected chi connectivity index (χ0v) is 9.77. The number of para-hydroxylation sites is 2. The van der Waals surface area contributed by atoms with Crippen molar-refractivity contribution in [2.75, 3.05) is 6.61 Å². The number of hydrazone groups is 1. The summed E-state index contributed by atoms with van der Waals surface area (Å²) in [5.41, 5.74) is 3.06. The van der Waals surface area contributed by atoms with E-state index in [-0.39, 0.29) is 12.0 Å². The first-order chi connectivity index (χ1) is 8.16. The van der Waals surface area contributed by atoms with Crippen LogP contribution in [0.1, 0.15) is 13.8 Å². The van der Waals surface area contributed by atoms with Crippen LogP contribution in [0.4, 0.5) is 0 Å². The summed E-state index contributed by atoms with van der Waals surface area (Å²) in [7, 11) is 0. The standard InChI is InChI=1S/C12H14N2O3/c1-8(13-14-9(2)15)12-7-16-10-5-3-4-6-11(10)17-12/h3-6,12H,7H2,1-2H3,(H,14,15)/b13-8-. The van der Waals surface area contributed by atoms with Gasteiger partial charge >= 0.3 is 0 Å². The Balaban J connectivity index is 2.07. The predicted molar refractivity (Wildman–Crippen MR) is 63.3 cm³/mol. The van der Waals surface area contributed by atoms with Crippen LogP contribution in [-0.2, 0) is 4.79 Å². The van der Waals surface area contributed by atoms with Gasteiger partial charge in [-0.05, 0) is 19.1 Å². The highest BCUT2D eigenvalue weighted by Crippen LogP contribution is 2.31. The van der Waals surface area contributed by atoms with Gasteiger partial charge in [-0.25, -0.2) is 5.43 Å². The number of carbonyl (C=O) groups is 1. The Morgan fingerprint density at radius 1 is 1.35 bits per heavy atom. The summed E-state index contributed by atoms with van der Waals surface area (Å²) in [5.74, 6) is 1.22. The molecule has 5 heteroatoms. The second-order valence-corrected chi connectivity index (χ2v) is 3.79. The summed E-state index contributed by atoms with van der Waals surface area (Å²) in [6, 6.07) is 7.46. The lowest BCUT2D eigenvalue weighted by atomic mass is 10.2. The second kappa shape index (κ2) is 4.86. The molecular weight excluding hydrogens is 220 g/mol. The molecule has 1 aliphatic heterocycles. The van der Waals surface area contributed by atoms with Gasteiger partial charge in [0, 0.05) is 6.92 Å². The van der Waals surface area contributed by atoms with Gasteiger partial charge < -0.3 is 9.47 Å². The number of carbonyl (C=O) groups excluding carboxylic acids is 1. The van der Waals surface area contributed by atoms with Crippen LogP contribution in [0, 0.1) is 0 Å². The van der Waals surface area contributed by atoms with Crippen LogP contribution < -0.4 is 14.9 Å². The first-order valence-electron chi connectivity index (χ1n) is 5.36. The van der Waals surface area contributed by atoms with Crippen LogP contribution >= 0.6 is 0 Å². The molecule has 0 aliphatic carbocycles. The van der Waals surface area contributed by atoms with Crippen molar-refractivity contribution in [2.45, 2.75) is 20.0 Å². The molecule has 0 fully saturated rings. The number of nitrogens with one attached hydrogen (secondary N) is 1. The van der Waals surface area contributed by atoms with E-state index in [1.807, 2.05) is 24.3 Å². The van der Waals surface area contributed by atoms with Crippen molar-refractivity contribution in [2.24, 2.45) is 5.10 Å². The first-order valence-corrected chi connectivity index (χ1v) is 5.36. The van der Waals surface area contributed by atoms with Crippen molar-refractivity contribution >= 4 is 11.6 Å². The van der Waals surface area contributed by atoms with E-state index in [1.54, 1.807) is 6.92 Å². The average molecular weight is 234 g/mol. The van der Waals surface area contributed by atoms with Gasteiger partial charge in [0.15, 0.2) is 17.6 Å². The fraction of sp³-hybridized carbons (Fsp3) is 0.333. The third-order valence-corrected chi connectivity index (χ3v) is 2.36. The minimum atomic E-state index is -0.267. The number of amides is 1. The van der Waals surface area contributed by atoms with E-state index < -0.39 is 0 Å². The molecule has 1 aliphatic rings. The third kappa shape index (κ3) is 2.75. The number of fused-ring (bicyclic) bond motifs is 1. The highest BCUT2D eigenvalue weighted by Gasteiger charge is 2.22. The van der Waals surface area contributed by atoms with Gasteiger partial charge in [-0.15, -0.1) is 0 Å². The van der Waals surface area contributed by atoms with E-state index in [2.05, 4.69) is 10.5 Å². The van der Waals surface area contributed by atoms with Crippen LogP contribution in [0.3, 0.4) is 0 Å². The monoisotopic (exact) mass is 234 g/mol.